The van der Waals surface area contributed by atoms with Crippen LogP contribution in [0.1, 0.15) is 18.1 Å². The molecule has 0 aliphatic heterocycles. The van der Waals surface area contributed by atoms with E-state index in [1.54, 1.807) is 0 Å². The van der Waals surface area contributed by atoms with Gasteiger partial charge in [0.1, 0.15) is 6.33 Å². The van der Waals surface area contributed by atoms with Crippen LogP contribution in [0.25, 0.3) is 0 Å². The fraction of sp³-hybridized carbons (Fsp3) is 0.286. The minimum Gasteiger partial charge on any atom is -0.481 e. The zero-order valence-corrected chi connectivity index (χ0v) is 6.21. The lowest BCUT2D eigenvalue weighted by Gasteiger charge is -2.05. The van der Waals surface area contributed by atoms with Crippen LogP contribution in [-0.2, 0) is 4.79 Å². The average molecular weight is 168 g/mol. The van der Waals surface area contributed by atoms with E-state index in [0.717, 1.165) is 0 Å². The summed E-state index contributed by atoms with van der Waals surface area (Å²) in [7, 11) is 0. The van der Waals surface area contributed by atoms with Crippen molar-refractivity contribution < 1.29 is 15.0 Å². The van der Waals surface area contributed by atoms with Gasteiger partial charge in [0.25, 0.3) is 0 Å². The van der Waals surface area contributed by atoms with E-state index >= 15 is 0 Å². The van der Waals surface area contributed by atoms with Crippen LogP contribution in [0.4, 0.5) is 0 Å². The fourth-order valence-electron chi connectivity index (χ4n) is 0.766. The maximum atomic E-state index is 10.2. The Hall–Kier alpha value is -1.49. The number of hydrogen-bond acceptors (Lipinski definition) is 4. The number of aliphatic hydroxyl groups is 1. The van der Waals surface area contributed by atoms with Gasteiger partial charge in [0.15, 0.2) is 0 Å². The van der Waals surface area contributed by atoms with Crippen molar-refractivity contribution in [3.63, 3.8) is 0 Å². The van der Waals surface area contributed by atoms with Gasteiger partial charge in [-0.1, -0.05) is 0 Å². The Bertz CT molecular complexity index is 263. The Morgan fingerprint density at radius 3 is 2.58 bits per heavy atom. The van der Waals surface area contributed by atoms with E-state index in [4.69, 9.17) is 5.11 Å². The van der Waals surface area contributed by atoms with Crippen LogP contribution in [0.3, 0.4) is 0 Å². The molecule has 64 valence electrons. The first-order valence-corrected chi connectivity index (χ1v) is 3.35. The Morgan fingerprint density at radius 2 is 2.08 bits per heavy atom. The van der Waals surface area contributed by atoms with Crippen LogP contribution >= 0.6 is 0 Å². The number of rotatable bonds is 3. The molecule has 0 spiro atoms. The zero-order valence-electron chi connectivity index (χ0n) is 6.21. The van der Waals surface area contributed by atoms with E-state index < -0.39 is 12.1 Å². The number of hydrogen-bond donors (Lipinski definition) is 2. The number of nitrogens with zero attached hydrogens (tertiary/aromatic N) is 2. The first-order chi connectivity index (χ1) is 5.70. The molecule has 1 atom stereocenters. The molecule has 0 radical (unpaired) electrons. The fourth-order valence-corrected chi connectivity index (χ4v) is 0.766. The molecule has 0 aromatic carbocycles. The highest BCUT2D eigenvalue weighted by atomic mass is 16.4. The molecule has 5 nitrogen and oxygen atoms in total. The maximum Gasteiger partial charge on any atom is 0.306 e. The van der Waals surface area contributed by atoms with Crippen LogP contribution in [-0.4, -0.2) is 26.2 Å². The molecule has 2 N–H and O–H groups in total. The third-order valence-corrected chi connectivity index (χ3v) is 1.33. The maximum absolute atomic E-state index is 10.2. The number of aliphatic hydroxyl groups excluding tert-OH is 1. The third-order valence-electron chi connectivity index (χ3n) is 1.33. The van der Waals surface area contributed by atoms with Crippen LogP contribution in [0.15, 0.2) is 18.7 Å². The molecule has 0 amide bonds. The van der Waals surface area contributed by atoms with Crippen molar-refractivity contribution in [1.29, 1.82) is 0 Å². The smallest absolute Gasteiger partial charge is 0.306 e. The molecule has 12 heavy (non-hydrogen) atoms. The first-order valence-electron chi connectivity index (χ1n) is 3.35. The van der Waals surface area contributed by atoms with Crippen LogP contribution in [0.5, 0.6) is 0 Å². The van der Waals surface area contributed by atoms with Crippen molar-refractivity contribution in [3.05, 3.63) is 24.3 Å². The van der Waals surface area contributed by atoms with Crippen LogP contribution in [0.2, 0.25) is 0 Å². The van der Waals surface area contributed by atoms with Gasteiger partial charge in [-0.2, -0.15) is 0 Å². The summed E-state index contributed by atoms with van der Waals surface area (Å²) in [5.41, 5.74) is 0.417. The second kappa shape index (κ2) is 3.77. The highest BCUT2D eigenvalue weighted by Crippen LogP contribution is 2.13. The molecule has 5 heteroatoms. The van der Waals surface area contributed by atoms with Crippen molar-refractivity contribution in [2.45, 2.75) is 12.5 Å². The predicted molar refractivity (Wildman–Crippen MR) is 39.2 cm³/mol. The molecule has 0 bridgehead atoms. The summed E-state index contributed by atoms with van der Waals surface area (Å²) in [6.45, 7) is 0. The molecule has 1 unspecified atom stereocenters. The molecule has 0 fully saturated rings. The molecule has 0 aliphatic rings. The van der Waals surface area contributed by atoms with Gasteiger partial charge in [-0.25, -0.2) is 9.97 Å². The van der Waals surface area contributed by atoms with Gasteiger partial charge >= 0.3 is 5.97 Å². The molecule has 0 saturated carbocycles. The predicted octanol–water partition coefficient (Wildman–Crippen LogP) is -0.0153. The topological polar surface area (TPSA) is 83.3 Å². The Balaban J connectivity index is 2.65. The minimum absolute atomic E-state index is 0.326. The van der Waals surface area contributed by atoms with Gasteiger partial charge in [0.05, 0.1) is 12.5 Å². The average Bonchev–Trinajstić information content (AvgIpc) is 2.05. The van der Waals surface area contributed by atoms with Crippen molar-refractivity contribution >= 4 is 5.97 Å². The monoisotopic (exact) mass is 168 g/mol. The van der Waals surface area contributed by atoms with Crippen LogP contribution < -0.4 is 0 Å². The lowest BCUT2D eigenvalue weighted by Crippen LogP contribution is -2.05. The van der Waals surface area contributed by atoms with Crippen molar-refractivity contribution in [1.82, 2.24) is 9.97 Å². The number of carbonyl (C=O) groups is 1. The summed E-state index contributed by atoms with van der Waals surface area (Å²) < 4.78 is 0. The highest BCUT2D eigenvalue weighted by molar-refractivity contribution is 5.67. The highest BCUT2D eigenvalue weighted by Gasteiger charge is 2.11. The minimum atomic E-state index is -1.05. The molecule has 0 saturated heterocycles. The standard InChI is InChI=1S/C7H8N2O3/c10-6(1-7(11)12)5-2-8-4-9-3-5/h2-4,6,10H,1H2,(H,11,12). The molecular weight excluding hydrogens is 160 g/mol. The first kappa shape index (κ1) is 8.61. The summed E-state index contributed by atoms with van der Waals surface area (Å²) in [6.07, 6.45) is 2.75. The van der Waals surface area contributed by atoms with Crippen molar-refractivity contribution in [2.24, 2.45) is 0 Å². The Kier molecular flexibility index (Phi) is 2.71. The Labute approximate surface area is 68.7 Å². The van der Waals surface area contributed by atoms with Gasteiger partial charge in [0, 0.05) is 18.0 Å². The van der Waals surface area contributed by atoms with E-state index in [0.29, 0.717) is 5.56 Å². The van der Waals surface area contributed by atoms with Gasteiger partial charge in [-0.15, -0.1) is 0 Å². The molecular formula is C7H8N2O3. The van der Waals surface area contributed by atoms with E-state index in [2.05, 4.69) is 9.97 Å². The molecule has 1 aromatic heterocycles. The van der Waals surface area contributed by atoms with Crippen molar-refractivity contribution in [2.75, 3.05) is 0 Å². The van der Waals surface area contributed by atoms with E-state index in [-0.39, 0.29) is 6.42 Å². The lowest BCUT2D eigenvalue weighted by atomic mass is 10.1. The third kappa shape index (κ3) is 2.28. The van der Waals surface area contributed by atoms with Gasteiger partial charge < -0.3 is 10.2 Å². The Morgan fingerprint density at radius 1 is 1.50 bits per heavy atom. The lowest BCUT2D eigenvalue weighted by molar-refractivity contribution is -0.139. The van der Waals surface area contributed by atoms with Crippen LogP contribution in [0, 0.1) is 0 Å². The molecule has 1 rings (SSSR count). The summed E-state index contributed by atoms with van der Waals surface area (Å²) >= 11 is 0. The number of carboxylic acid groups (broad SMARTS) is 1. The second-order valence-corrected chi connectivity index (χ2v) is 2.29. The van der Waals surface area contributed by atoms with Gasteiger partial charge in [0.2, 0.25) is 0 Å². The quantitative estimate of drug-likeness (QED) is 0.662. The summed E-state index contributed by atoms with van der Waals surface area (Å²) in [4.78, 5) is 17.5. The molecule has 1 aromatic rings. The molecule has 0 aliphatic carbocycles. The molecule has 1 heterocycles. The van der Waals surface area contributed by atoms with Gasteiger partial charge in [-0.05, 0) is 0 Å². The number of aliphatic carboxylic acids is 1. The summed E-state index contributed by atoms with van der Waals surface area (Å²) in [5, 5.41) is 17.6. The normalized spacial score (nSPS) is 12.4. The second-order valence-electron chi connectivity index (χ2n) is 2.29. The zero-order chi connectivity index (χ0) is 8.97. The largest absolute Gasteiger partial charge is 0.481 e. The SMILES string of the molecule is O=C(O)CC(O)c1cncnc1. The number of carboxylic acids is 1. The van der Waals surface area contributed by atoms with Gasteiger partial charge in [-0.3, -0.25) is 4.79 Å². The van der Waals surface area contributed by atoms with E-state index in [1.165, 1.54) is 18.7 Å². The van der Waals surface area contributed by atoms with E-state index in [9.17, 15) is 9.90 Å². The number of aromatic nitrogens is 2. The summed E-state index contributed by atoms with van der Waals surface area (Å²) in [6, 6.07) is 0. The summed E-state index contributed by atoms with van der Waals surface area (Å²) in [5.74, 6) is -1.05. The van der Waals surface area contributed by atoms with Crippen molar-refractivity contribution in [3.8, 4) is 0 Å². The van der Waals surface area contributed by atoms with E-state index in [1.807, 2.05) is 0 Å².